The van der Waals surface area contributed by atoms with Crippen LogP contribution in [0.15, 0.2) is 0 Å². The van der Waals surface area contributed by atoms with Gasteiger partial charge >= 0.3 is 0 Å². The van der Waals surface area contributed by atoms with Gasteiger partial charge in [-0.3, -0.25) is 0 Å². The molecule has 1 heterocycles. The van der Waals surface area contributed by atoms with E-state index in [-0.39, 0.29) is 0 Å². The molecule has 0 aromatic carbocycles. The number of nitrogens with zero attached hydrogens (tertiary/aromatic N) is 1. The second-order valence-electron chi connectivity index (χ2n) is 5.81. The average molecular weight is 254 g/mol. The van der Waals surface area contributed by atoms with Crippen molar-refractivity contribution in [1.29, 1.82) is 0 Å². The minimum Gasteiger partial charge on any atom is -0.360 e. The fourth-order valence-electron chi connectivity index (χ4n) is 3.27. The smallest absolute Gasteiger partial charge is 0.169 e. The summed E-state index contributed by atoms with van der Waals surface area (Å²) in [6.45, 7) is 6.96. The van der Waals surface area contributed by atoms with Crippen molar-refractivity contribution in [3.8, 4) is 0 Å². The fraction of sp³-hybridized carbons (Fsp3) is 0.929. The van der Waals surface area contributed by atoms with Crippen LogP contribution < -0.4 is 5.32 Å². The van der Waals surface area contributed by atoms with Crippen molar-refractivity contribution in [2.45, 2.75) is 64.8 Å². The monoisotopic (exact) mass is 254 g/mol. The number of rotatable bonds is 3. The zero-order valence-electron chi connectivity index (χ0n) is 11.3. The highest BCUT2D eigenvalue weighted by atomic mass is 32.1. The summed E-state index contributed by atoms with van der Waals surface area (Å²) in [6, 6.07) is 0.653. The first-order valence-electron chi connectivity index (χ1n) is 7.24. The van der Waals surface area contributed by atoms with Crippen LogP contribution in [0.25, 0.3) is 0 Å². The van der Waals surface area contributed by atoms with Crippen LogP contribution in [0, 0.1) is 5.41 Å². The third kappa shape index (κ3) is 2.93. The van der Waals surface area contributed by atoms with E-state index in [9.17, 15) is 0 Å². The third-order valence-electron chi connectivity index (χ3n) is 4.91. The van der Waals surface area contributed by atoms with E-state index in [2.05, 4.69) is 24.1 Å². The SMILES string of the molecule is CCC1(CC)CCN(C(=S)NC2CCCC2)C1. The molecule has 3 heteroatoms. The number of nitrogens with one attached hydrogen (secondary N) is 1. The molecule has 1 aliphatic carbocycles. The van der Waals surface area contributed by atoms with Crippen LogP contribution in [0.4, 0.5) is 0 Å². The molecule has 2 nitrogen and oxygen atoms in total. The first-order valence-corrected chi connectivity index (χ1v) is 7.65. The van der Waals surface area contributed by atoms with Gasteiger partial charge < -0.3 is 10.2 Å². The lowest BCUT2D eigenvalue weighted by Crippen LogP contribution is -2.43. The minimum atomic E-state index is 0.529. The molecule has 2 rings (SSSR count). The molecule has 0 radical (unpaired) electrons. The molecule has 1 saturated carbocycles. The highest BCUT2D eigenvalue weighted by Gasteiger charge is 2.36. The van der Waals surface area contributed by atoms with E-state index < -0.39 is 0 Å². The predicted octanol–water partition coefficient (Wildman–Crippen LogP) is 3.32. The van der Waals surface area contributed by atoms with Crippen molar-refractivity contribution in [2.75, 3.05) is 13.1 Å². The van der Waals surface area contributed by atoms with Gasteiger partial charge in [0.25, 0.3) is 0 Å². The largest absolute Gasteiger partial charge is 0.360 e. The molecule has 0 unspecified atom stereocenters. The third-order valence-corrected chi connectivity index (χ3v) is 5.28. The van der Waals surface area contributed by atoms with Gasteiger partial charge in [-0.05, 0) is 49.7 Å². The van der Waals surface area contributed by atoms with E-state index in [4.69, 9.17) is 12.2 Å². The van der Waals surface area contributed by atoms with Crippen LogP contribution in [-0.4, -0.2) is 29.1 Å². The van der Waals surface area contributed by atoms with Gasteiger partial charge in [-0.2, -0.15) is 0 Å². The number of thiocarbonyl (C=S) groups is 1. The van der Waals surface area contributed by atoms with E-state index in [1.165, 1.54) is 51.5 Å². The summed E-state index contributed by atoms with van der Waals surface area (Å²) in [5.41, 5.74) is 0.529. The van der Waals surface area contributed by atoms with Crippen LogP contribution >= 0.6 is 12.2 Å². The maximum atomic E-state index is 5.56. The number of hydrogen-bond acceptors (Lipinski definition) is 1. The van der Waals surface area contributed by atoms with Crippen LogP contribution in [-0.2, 0) is 0 Å². The standard InChI is InChI=1S/C14H26N2S/c1-3-14(4-2)9-10-16(11-14)13(17)15-12-7-5-6-8-12/h12H,3-11H2,1-2H3,(H,15,17). The second kappa shape index (κ2) is 5.55. The van der Waals surface area contributed by atoms with Crippen LogP contribution in [0.2, 0.25) is 0 Å². The first-order chi connectivity index (χ1) is 8.19. The van der Waals surface area contributed by atoms with Crippen molar-refractivity contribution in [2.24, 2.45) is 5.41 Å². The Kier molecular flexibility index (Phi) is 4.29. The van der Waals surface area contributed by atoms with E-state index >= 15 is 0 Å². The highest BCUT2D eigenvalue weighted by molar-refractivity contribution is 7.80. The molecule has 2 aliphatic rings. The van der Waals surface area contributed by atoms with E-state index in [0.29, 0.717) is 11.5 Å². The summed E-state index contributed by atoms with van der Waals surface area (Å²) < 4.78 is 0. The van der Waals surface area contributed by atoms with Gasteiger partial charge in [-0.15, -0.1) is 0 Å². The van der Waals surface area contributed by atoms with E-state index in [0.717, 1.165) is 11.7 Å². The van der Waals surface area contributed by atoms with Gasteiger partial charge in [0.15, 0.2) is 5.11 Å². The zero-order valence-corrected chi connectivity index (χ0v) is 12.1. The molecule has 98 valence electrons. The van der Waals surface area contributed by atoms with Gasteiger partial charge in [0.1, 0.15) is 0 Å². The van der Waals surface area contributed by atoms with Gasteiger partial charge in [0, 0.05) is 19.1 Å². The molecule has 0 aromatic rings. The molecule has 0 bridgehead atoms. The molecule has 17 heavy (non-hydrogen) atoms. The Bertz CT molecular complexity index is 267. The van der Waals surface area contributed by atoms with Crippen molar-refractivity contribution in [3.63, 3.8) is 0 Å². The van der Waals surface area contributed by atoms with Crippen LogP contribution in [0.1, 0.15) is 58.8 Å². The first kappa shape index (κ1) is 13.1. The molecule has 2 fully saturated rings. The van der Waals surface area contributed by atoms with Gasteiger partial charge in [-0.1, -0.05) is 26.7 Å². The van der Waals surface area contributed by atoms with Gasteiger partial charge in [0.2, 0.25) is 0 Å². The molecular weight excluding hydrogens is 228 g/mol. The lowest BCUT2D eigenvalue weighted by molar-refractivity contribution is 0.276. The molecule has 0 spiro atoms. The van der Waals surface area contributed by atoms with Crippen LogP contribution in [0.5, 0.6) is 0 Å². The number of likely N-dealkylation sites (tertiary alicyclic amines) is 1. The zero-order chi connectivity index (χ0) is 12.3. The molecule has 0 aromatic heterocycles. The molecule has 1 saturated heterocycles. The summed E-state index contributed by atoms with van der Waals surface area (Å²) in [6.07, 6.45) is 9.23. The van der Waals surface area contributed by atoms with E-state index in [1.54, 1.807) is 0 Å². The summed E-state index contributed by atoms with van der Waals surface area (Å²) in [5, 5.41) is 4.58. The Hall–Kier alpha value is -0.310. The van der Waals surface area contributed by atoms with Gasteiger partial charge in [0.05, 0.1) is 0 Å². The Morgan fingerprint density at radius 2 is 1.94 bits per heavy atom. The number of hydrogen-bond donors (Lipinski definition) is 1. The molecular formula is C14H26N2S. The average Bonchev–Trinajstić information content (AvgIpc) is 2.97. The Morgan fingerprint density at radius 1 is 1.29 bits per heavy atom. The summed E-state index contributed by atoms with van der Waals surface area (Å²) >= 11 is 5.56. The fourth-order valence-corrected chi connectivity index (χ4v) is 3.59. The minimum absolute atomic E-state index is 0.529. The van der Waals surface area contributed by atoms with Crippen molar-refractivity contribution in [3.05, 3.63) is 0 Å². The Morgan fingerprint density at radius 3 is 2.47 bits per heavy atom. The van der Waals surface area contributed by atoms with Crippen molar-refractivity contribution < 1.29 is 0 Å². The summed E-state index contributed by atoms with van der Waals surface area (Å²) in [4.78, 5) is 2.40. The highest BCUT2D eigenvalue weighted by Crippen LogP contribution is 2.37. The van der Waals surface area contributed by atoms with Crippen molar-refractivity contribution in [1.82, 2.24) is 10.2 Å². The molecule has 1 N–H and O–H groups in total. The van der Waals surface area contributed by atoms with Crippen molar-refractivity contribution >= 4 is 17.3 Å². The maximum Gasteiger partial charge on any atom is 0.169 e. The lowest BCUT2D eigenvalue weighted by atomic mass is 9.82. The van der Waals surface area contributed by atoms with E-state index in [1.807, 2.05) is 0 Å². The topological polar surface area (TPSA) is 15.3 Å². The Labute approximate surface area is 111 Å². The maximum absolute atomic E-state index is 5.56. The molecule has 1 aliphatic heterocycles. The molecule has 0 amide bonds. The molecule has 0 atom stereocenters. The summed E-state index contributed by atoms with van der Waals surface area (Å²) in [7, 11) is 0. The normalized spacial score (nSPS) is 24.2. The van der Waals surface area contributed by atoms with Crippen LogP contribution in [0.3, 0.4) is 0 Å². The quantitative estimate of drug-likeness (QED) is 0.778. The Balaban J connectivity index is 1.84. The summed E-state index contributed by atoms with van der Waals surface area (Å²) in [5.74, 6) is 0. The second-order valence-corrected chi connectivity index (χ2v) is 6.20. The predicted molar refractivity (Wildman–Crippen MR) is 77.2 cm³/mol. The van der Waals surface area contributed by atoms with Gasteiger partial charge in [-0.25, -0.2) is 0 Å². The lowest BCUT2D eigenvalue weighted by Gasteiger charge is -2.28.